The molecule has 0 atom stereocenters. The number of rotatable bonds is 2. The van der Waals surface area contributed by atoms with Crippen molar-refractivity contribution in [3.8, 4) is 5.75 Å². The van der Waals surface area contributed by atoms with Gasteiger partial charge in [-0.2, -0.15) is 5.10 Å². The summed E-state index contributed by atoms with van der Waals surface area (Å²) in [6, 6.07) is 6.31. The van der Waals surface area contributed by atoms with Crippen molar-refractivity contribution >= 4 is 11.5 Å². The van der Waals surface area contributed by atoms with Gasteiger partial charge in [-0.15, -0.1) is 0 Å². The number of hydrogen-bond acceptors (Lipinski definition) is 5. The van der Waals surface area contributed by atoms with Gasteiger partial charge in [0, 0.05) is 17.3 Å². The van der Waals surface area contributed by atoms with Gasteiger partial charge in [0.15, 0.2) is 0 Å². The molecular formula is C16H17FN4O. The third-order valence-electron chi connectivity index (χ3n) is 3.34. The van der Waals surface area contributed by atoms with Gasteiger partial charge < -0.3 is 4.74 Å². The summed E-state index contributed by atoms with van der Waals surface area (Å²) in [7, 11) is 0. The van der Waals surface area contributed by atoms with Crippen molar-refractivity contribution in [2.24, 2.45) is 5.10 Å². The molecule has 114 valence electrons. The summed E-state index contributed by atoms with van der Waals surface area (Å²) >= 11 is 0. The molecular weight excluding hydrogens is 283 g/mol. The molecule has 1 aromatic heterocycles. The molecule has 3 rings (SSSR count). The number of fused-ring (bicyclic) bond motifs is 1. The molecule has 0 saturated carbocycles. The molecule has 6 heteroatoms. The molecule has 0 amide bonds. The van der Waals surface area contributed by atoms with E-state index in [2.05, 4.69) is 20.5 Å². The summed E-state index contributed by atoms with van der Waals surface area (Å²) in [4.78, 5) is 8.50. The van der Waals surface area contributed by atoms with Crippen LogP contribution in [0.5, 0.6) is 5.75 Å². The molecule has 2 aromatic rings. The topological polar surface area (TPSA) is 59.4 Å². The van der Waals surface area contributed by atoms with Crippen LogP contribution < -0.4 is 10.2 Å². The summed E-state index contributed by atoms with van der Waals surface area (Å²) < 4.78 is 19.1. The van der Waals surface area contributed by atoms with E-state index in [1.54, 1.807) is 6.07 Å². The van der Waals surface area contributed by atoms with E-state index < -0.39 is 0 Å². The standard InChI is InChI=1S/C16H17FN4O/c1-10-8-16(19-11(2)18-10)21-20-14-4-3-7-22-15-6-5-12(17)9-13(14)15/h5-6,8-9H,3-4,7H2,1-2H3,(H,18,19,21)/b20-14-. The Hall–Kier alpha value is -2.50. The maximum atomic E-state index is 13.5. The number of aryl methyl sites for hydroxylation is 2. The minimum absolute atomic E-state index is 0.300. The molecule has 22 heavy (non-hydrogen) atoms. The third kappa shape index (κ3) is 3.21. The molecule has 5 nitrogen and oxygen atoms in total. The fourth-order valence-corrected chi connectivity index (χ4v) is 2.43. The Labute approximate surface area is 128 Å². The van der Waals surface area contributed by atoms with Gasteiger partial charge in [-0.1, -0.05) is 0 Å². The highest BCUT2D eigenvalue weighted by Gasteiger charge is 2.16. The Morgan fingerprint density at radius 3 is 2.91 bits per heavy atom. The van der Waals surface area contributed by atoms with Crippen molar-refractivity contribution in [3.05, 3.63) is 47.2 Å². The lowest BCUT2D eigenvalue weighted by atomic mass is 10.1. The van der Waals surface area contributed by atoms with Crippen molar-refractivity contribution in [2.45, 2.75) is 26.7 Å². The summed E-state index contributed by atoms with van der Waals surface area (Å²) in [6.07, 6.45) is 1.55. The molecule has 1 aromatic carbocycles. The van der Waals surface area contributed by atoms with E-state index in [0.717, 1.165) is 17.8 Å². The normalized spacial score (nSPS) is 15.9. The average Bonchev–Trinajstić information content (AvgIpc) is 2.66. The minimum Gasteiger partial charge on any atom is -0.493 e. The van der Waals surface area contributed by atoms with E-state index in [4.69, 9.17) is 4.74 Å². The Morgan fingerprint density at radius 1 is 1.23 bits per heavy atom. The first-order valence-electron chi connectivity index (χ1n) is 7.19. The summed E-state index contributed by atoms with van der Waals surface area (Å²) in [6.45, 7) is 4.33. The summed E-state index contributed by atoms with van der Waals surface area (Å²) in [5.41, 5.74) is 5.26. The monoisotopic (exact) mass is 300 g/mol. The van der Waals surface area contributed by atoms with Crippen molar-refractivity contribution in [1.82, 2.24) is 9.97 Å². The Bertz CT molecular complexity index is 710. The molecule has 1 N–H and O–H groups in total. The average molecular weight is 300 g/mol. The predicted octanol–water partition coefficient (Wildman–Crippen LogP) is 3.22. The van der Waals surface area contributed by atoms with Crippen LogP contribution in [0.25, 0.3) is 0 Å². The number of hydrogen-bond donors (Lipinski definition) is 1. The zero-order valence-corrected chi connectivity index (χ0v) is 12.6. The van der Waals surface area contributed by atoms with Crippen LogP contribution in [0.3, 0.4) is 0 Å². The van der Waals surface area contributed by atoms with Gasteiger partial charge in [0.05, 0.1) is 12.3 Å². The van der Waals surface area contributed by atoms with Gasteiger partial charge >= 0.3 is 0 Å². The van der Waals surface area contributed by atoms with Crippen LogP contribution in [0.1, 0.15) is 29.9 Å². The quantitative estimate of drug-likeness (QED) is 0.865. The number of anilines is 1. The van der Waals surface area contributed by atoms with Crippen molar-refractivity contribution in [3.63, 3.8) is 0 Å². The van der Waals surface area contributed by atoms with E-state index in [1.165, 1.54) is 12.1 Å². The highest BCUT2D eigenvalue weighted by molar-refractivity contribution is 6.03. The fourth-order valence-electron chi connectivity index (χ4n) is 2.43. The van der Waals surface area contributed by atoms with Gasteiger partial charge in [-0.3, -0.25) is 5.43 Å². The summed E-state index contributed by atoms with van der Waals surface area (Å²) in [5.74, 6) is 1.67. The second kappa shape index (κ2) is 6.09. The SMILES string of the molecule is Cc1cc(N/N=C2/CCCOc3ccc(F)cc32)nc(C)n1. The smallest absolute Gasteiger partial charge is 0.150 e. The molecule has 1 aliphatic heterocycles. The van der Waals surface area contributed by atoms with Crippen LogP contribution in [0.2, 0.25) is 0 Å². The lowest BCUT2D eigenvalue weighted by Crippen LogP contribution is -2.06. The number of ether oxygens (including phenoxy) is 1. The molecule has 1 aliphatic rings. The van der Waals surface area contributed by atoms with Crippen molar-refractivity contribution < 1.29 is 9.13 Å². The maximum absolute atomic E-state index is 13.5. The van der Waals surface area contributed by atoms with E-state index >= 15 is 0 Å². The molecule has 0 aliphatic carbocycles. The fraction of sp³-hybridized carbons (Fsp3) is 0.312. The van der Waals surface area contributed by atoms with E-state index in [9.17, 15) is 4.39 Å². The Morgan fingerprint density at radius 2 is 2.09 bits per heavy atom. The van der Waals surface area contributed by atoms with Gasteiger partial charge in [0.25, 0.3) is 0 Å². The van der Waals surface area contributed by atoms with Crippen LogP contribution in [-0.4, -0.2) is 22.3 Å². The number of nitrogens with one attached hydrogen (secondary N) is 1. The number of aromatic nitrogens is 2. The van der Waals surface area contributed by atoms with Gasteiger partial charge in [-0.05, 0) is 44.9 Å². The molecule has 2 heterocycles. The maximum Gasteiger partial charge on any atom is 0.150 e. The highest BCUT2D eigenvalue weighted by atomic mass is 19.1. The zero-order chi connectivity index (χ0) is 15.5. The van der Waals surface area contributed by atoms with Crippen LogP contribution in [-0.2, 0) is 0 Å². The van der Waals surface area contributed by atoms with Crippen molar-refractivity contribution in [2.75, 3.05) is 12.0 Å². The Balaban J connectivity index is 1.92. The van der Waals surface area contributed by atoms with E-state index in [0.29, 0.717) is 36.0 Å². The van der Waals surface area contributed by atoms with Crippen LogP contribution in [0.4, 0.5) is 10.2 Å². The molecule has 0 bridgehead atoms. The molecule has 0 fully saturated rings. The predicted molar refractivity (Wildman–Crippen MR) is 82.8 cm³/mol. The molecule has 0 unspecified atom stereocenters. The largest absolute Gasteiger partial charge is 0.493 e. The minimum atomic E-state index is -0.300. The molecule has 0 spiro atoms. The second-order valence-electron chi connectivity index (χ2n) is 5.20. The van der Waals surface area contributed by atoms with Crippen LogP contribution in [0.15, 0.2) is 29.4 Å². The molecule has 0 saturated heterocycles. The number of benzene rings is 1. The Kier molecular flexibility index (Phi) is 4.00. The first-order valence-corrected chi connectivity index (χ1v) is 7.19. The first-order chi connectivity index (χ1) is 10.6. The van der Waals surface area contributed by atoms with E-state index in [1.807, 2.05) is 19.9 Å². The van der Waals surface area contributed by atoms with E-state index in [-0.39, 0.29) is 5.82 Å². The van der Waals surface area contributed by atoms with Crippen molar-refractivity contribution in [1.29, 1.82) is 0 Å². The zero-order valence-electron chi connectivity index (χ0n) is 12.6. The second-order valence-corrected chi connectivity index (χ2v) is 5.20. The highest BCUT2D eigenvalue weighted by Crippen LogP contribution is 2.25. The number of hydrazone groups is 1. The van der Waals surface area contributed by atoms with Crippen LogP contribution in [0, 0.1) is 19.7 Å². The van der Waals surface area contributed by atoms with Gasteiger partial charge in [-0.25, -0.2) is 14.4 Å². The summed E-state index contributed by atoms with van der Waals surface area (Å²) in [5, 5.41) is 4.41. The lowest BCUT2D eigenvalue weighted by Gasteiger charge is -2.09. The lowest BCUT2D eigenvalue weighted by molar-refractivity contribution is 0.317. The first kappa shape index (κ1) is 14.4. The van der Waals surface area contributed by atoms with Gasteiger partial charge in [0.2, 0.25) is 0 Å². The third-order valence-corrected chi connectivity index (χ3v) is 3.34. The number of nitrogens with zero attached hydrogens (tertiary/aromatic N) is 3. The van der Waals surface area contributed by atoms with Crippen LogP contribution >= 0.6 is 0 Å². The number of halogens is 1. The molecule has 0 radical (unpaired) electrons. The van der Waals surface area contributed by atoms with Gasteiger partial charge in [0.1, 0.15) is 23.2 Å².